The Bertz CT molecular complexity index is 657. The molecule has 0 saturated heterocycles. The number of hydrogen-bond donors (Lipinski definition) is 0. The van der Waals surface area contributed by atoms with Crippen LogP contribution in [0, 0.1) is 11.8 Å². The zero-order chi connectivity index (χ0) is 16.8. The highest BCUT2D eigenvalue weighted by Crippen LogP contribution is 2.18. The Kier molecular flexibility index (Phi) is 5.69. The number of Topliss-reactive ketones (excluding diaryl/α,β-unsaturated/α-hetero) is 1. The van der Waals surface area contributed by atoms with Gasteiger partial charge in [-0.3, -0.25) is 9.59 Å². The smallest absolute Gasteiger partial charge is 0.313 e. The van der Waals surface area contributed by atoms with Gasteiger partial charge in [-0.25, -0.2) is 0 Å². The van der Waals surface area contributed by atoms with Crippen LogP contribution in [0.25, 0.3) is 0 Å². The van der Waals surface area contributed by atoms with Crippen molar-refractivity contribution in [1.29, 1.82) is 0 Å². The number of benzene rings is 2. The molecule has 0 N–H and O–H groups in total. The first-order chi connectivity index (χ1) is 11.0. The van der Waals surface area contributed by atoms with Gasteiger partial charge in [0.25, 0.3) is 0 Å². The first-order valence-electron chi connectivity index (χ1n) is 7.87. The van der Waals surface area contributed by atoms with Crippen molar-refractivity contribution < 1.29 is 14.3 Å². The van der Waals surface area contributed by atoms with E-state index >= 15 is 0 Å². The van der Waals surface area contributed by atoms with Gasteiger partial charge in [-0.2, -0.15) is 0 Å². The number of rotatable bonds is 6. The lowest BCUT2D eigenvalue weighted by molar-refractivity contribution is -0.137. The van der Waals surface area contributed by atoms with Crippen LogP contribution in [0.4, 0.5) is 0 Å². The maximum absolute atomic E-state index is 12.4. The van der Waals surface area contributed by atoms with Crippen molar-refractivity contribution in [3.05, 3.63) is 65.7 Å². The predicted molar refractivity (Wildman–Crippen MR) is 90.6 cm³/mol. The monoisotopic (exact) mass is 310 g/mol. The number of carbonyl (C=O) groups excluding carboxylic acids is 2. The summed E-state index contributed by atoms with van der Waals surface area (Å²) in [6, 6.07) is 16.7. The standard InChI is InChI=1S/C20H22O3/c1-14(2)20(22)23-18-11-9-16(10-12-18)13-15(3)19(21)17-7-5-4-6-8-17/h4-12,14-15H,13H2,1-3H3. The van der Waals surface area contributed by atoms with E-state index in [4.69, 9.17) is 4.74 Å². The lowest BCUT2D eigenvalue weighted by Crippen LogP contribution is -2.15. The third kappa shape index (κ3) is 4.78. The van der Waals surface area contributed by atoms with Crippen molar-refractivity contribution in [2.45, 2.75) is 27.2 Å². The van der Waals surface area contributed by atoms with Gasteiger partial charge in [-0.15, -0.1) is 0 Å². The molecule has 2 aromatic carbocycles. The summed E-state index contributed by atoms with van der Waals surface area (Å²) in [4.78, 5) is 23.9. The normalized spacial score (nSPS) is 12.0. The molecule has 120 valence electrons. The quantitative estimate of drug-likeness (QED) is 0.453. The van der Waals surface area contributed by atoms with Gasteiger partial charge < -0.3 is 4.74 Å². The van der Waals surface area contributed by atoms with E-state index in [0.29, 0.717) is 12.2 Å². The van der Waals surface area contributed by atoms with Gasteiger partial charge in [0.2, 0.25) is 0 Å². The van der Waals surface area contributed by atoms with Crippen molar-refractivity contribution in [3.8, 4) is 5.75 Å². The topological polar surface area (TPSA) is 43.4 Å². The first kappa shape index (κ1) is 16.9. The first-order valence-corrected chi connectivity index (χ1v) is 7.87. The fraction of sp³-hybridized carbons (Fsp3) is 0.300. The molecule has 2 rings (SSSR count). The van der Waals surface area contributed by atoms with Gasteiger partial charge >= 0.3 is 5.97 Å². The van der Waals surface area contributed by atoms with Crippen LogP contribution < -0.4 is 4.74 Å². The third-order valence-electron chi connectivity index (χ3n) is 3.66. The zero-order valence-electron chi connectivity index (χ0n) is 13.8. The van der Waals surface area contributed by atoms with Crippen molar-refractivity contribution >= 4 is 11.8 Å². The van der Waals surface area contributed by atoms with E-state index in [1.54, 1.807) is 26.0 Å². The summed E-state index contributed by atoms with van der Waals surface area (Å²) in [5.41, 5.74) is 1.79. The van der Waals surface area contributed by atoms with Crippen LogP contribution in [0.3, 0.4) is 0 Å². The van der Waals surface area contributed by atoms with E-state index < -0.39 is 0 Å². The van der Waals surface area contributed by atoms with Crippen LogP contribution >= 0.6 is 0 Å². The zero-order valence-corrected chi connectivity index (χ0v) is 13.8. The summed E-state index contributed by atoms with van der Waals surface area (Å²) in [5.74, 6) is 0.181. The van der Waals surface area contributed by atoms with Crippen LogP contribution in [-0.4, -0.2) is 11.8 Å². The van der Waals surface area contributed by atoms with Crippen molar-refractivity contribution in [2.24, 2.45) is 11.8 Å². The number of esters is 1. The Morgan fingerprint density at radius 2 is 1.52 bits per heavy atom. The molecule has 23 heavy (non-hydrogen) atoms. The molecule has 3 heteroatoms. The summed E-state index contributed by atoms with van der Waals surface area (Å²) < 4.78 is 5.25. The molecule has 0 aromatic heterocycles. The third-order valence-corrected chi connectivity index (χ3v) is 3.66. The number of ether oxygens (including phenoxy) is 1. The van der Waals surface area contributed by atoms with Gasteiger partial charge in [-0.05, 0) is 24.1 Å². The van der Waals surface area contributed by atoms with E-state index in [2.05, 4.69) is 0 Å². The Morgan fingerprint density at radius 3 is 2.09 bits per heavy atom. The van der Waals surface area contributed by atoms with Crippen LogP contribution in [0.1, 0.15) is 36.7 Å². The highest BCUT2D eigenvalue weighted by Gasteiger charge is 2.15. The maximum Gasteiger partial charge on any atom is 0.313 e. The van der Waals surface area contributed by atoms with Gasteiger partial charge in [-0.1, -0.05) is 63.2 Å². The van der Waals surface area contributed by atoms with E-state index in [-0.39, 0.29) is 23.6 Å². The minimum Gasteiger partial charge on any atom is -0.426 e. The summed E-state index contributed by atoms with van der Waals surface area (Å²) >= 11 is 0. The minimum atomic E-state index is -0.245. The van der Waals surface area contributed by atoms with E-state index in [9.17, 15) is 9.59 Å². The average Bonchev–Trinajstić information content (AvgIpc) is 2.56. The van der Waals surface area contributed by atoms with Crippen LogP contribution in [-0.2, 0) is 11.2 Å². The summed E-state index contributed by atoms with van der Waals surface area (Å²) in [6.07, 6.45) is 0.659. The largest absolute Gasteiger partial charge is 0.426 e. The van der Waals surface area contributed by atoms with Crippen LogP contribution in [0.15, 0.2) is 54.6 Å². The Morgan fingerprint density at radius 1 is 0.913 bits per heavy atom. The van der Waals surface area contributed by atoms with Gasteiger partial charge in [0.15, 0.2) is 5.78 Å². The molecule has 0 bridgehead atoms. The van der Waals surface area contributed by atoms with Gasteiger partial charge in [0, 0.05) is 11.5 Å². The molecule has 0 saturated carbocycles. The molecule has 0 spiro atoms. The molecule has 0 aliphatic rings. The van der Waals surface area contributed by atoms with E-state index in [0.717, 1.165) is 11.1 Å². The SMILES string of the molecule is CC(C)C(=O)Oc1ccc(CC(C)C(=O)c2ccccc2)cc1. The molecule has 0 amide bonds. The molecular formula is C20H22O3. The minimum absolute atomic E-state index is 0.0959. The van der Waals surface area contributed by atoms with Crippen molar-refractivity contribution in [1.82, 2.24) is 0 Å². The number of hydrogen-bond acceptors (Lipinski definition) is 3. The number of ketones is 1. The maximum atomic E-state index is 12.4. The molecule has 0 aliphatic carbocycles. The molecule has 0 radical (unpaired) electrons. The van der Waals surface area contributed by atoms with Gasteiger partial charge in [0.05, 0.1) is 5.92 Å². The summed E-state index contributed by atoms with van der Waals surface area (Å²) in [5, 5.41) is 0. The van der Waals surface area contributed by atoms with Crippen molar-refractivity contribution in [2.75, 3.05) is 0 Å². The molecule has 3 nitrogen and oxygen atoms in total. The molecular weight excluding hydrogens is 288 g/mol. The van der Waals surface area contributed by atoms with Gasteiger partial charge in [0.1, 0.15) is 5.75 Å². The average molecular weight is 310 g/mol. The summed E-state index contributed by atoms with van der Waals surface area (Å²) in [6.45, 7) is 5.53. The summed E-state index contributed by atoms with van der Waals surface area (Å²) in [7, 11) is 0. The molecule has 1 atom stereocenters. The second kappa shape index (κ2) is 7.73. The second-order valence-corrected chi connectivity index (χ2v) is 6.06. The molecule has 0 fully saturated rings. The molecule has 0 aliphatic heterocycles. The lowest BCUT2D eigenvalue weighted by Gasteiger charge is -2.11. The Balaban J connectivity index is 1.98. The fourth-order valence-electron chi connectivity index (χ4n) is 2.26. The van der Waals surface area contributed by atoms with E-state index in [1.165, 1.54) is 0 Å². The van der Waals surface area contributed by atoms with Crippen LogP contribution in [0.2, 0.25) is 0 Å². The molecule has 0 heterocycles. The highest BCUT2D eigenvalue weighted by atomic mass is 16.5. The Hall–Kier alpha value is -2.42. The van der Waals surface area contributed by atoms with Crippen molar-refractivity contribution in [3.63, 3.8) is 0 Å². The molecule has 2 aromatic rings. The van der Waals surface area contributed by atoms with E-state index in [1.807, 2.05) is 49.4 Å². The highest BCUT2D eigenvalue weighted by molar-refractivity contribution is 5.97. The number of carbonyl (C=O) groups is 2. The predicted octanol–water partition coefficient (Wildman–Crippen LogP) is 4.31. The lowest BCUT2D eigenvalue weighted by atomic mass is 9.93. The molecule has 1 unspecified atom stereocenters. The van der Waals surface area contributed by atoms with Crippen LogP contribution in [0.5, 0.6) is 5.75 Å². The second-order valence-electron chi connectivity index (χ2n) is 6.06. The Labute approximate surface area is 137 Å². The fourth-order valence-corrected chi connectivity index (χ4v) is 2.26.